The van der Waals surface area contributed by atoms with E-state index in [4.69, 9.17) is 16.3 Å². The van der Waals surface area contributed by atoms with Crippen LogP contribution in [-0.2, 0) is 6.61 Å². The Morgan fingerprint density at radius 1 is 1.06 bits per heavy atom. The van der Waals surface area contributed by atoms with Gasteiger partial charge in [0.15, 0.2) is 0 Å². The second-order valence-electron chi connectivity index (χ2n) is 8.09. The van der Waals surface area contributed by atoms with E-state index in [1.165, 1.54) is 31.3 Å². The third-order valence-electron chi connectivity index (χ3n) is 5.59. The summed E-state index contributed by atoms with van der Waals surface area (Å²) in [7, 11) is 0. The summed E-state index contributed by atoms with van der Waals surface area (Å²) in [6.45, 7) is 2.23. The number of aromatic nitrogens is 2. The molecule has 1 aliphatic heterocycles. The molecule has 1 N–H and O–H groups in total. The number of anilines is 2. The second-order valence-corrected chi connectivity index (χ2v) is 8.50. The molecule has 0 saturated carbocycles. The molecule has 1 aliphatic rings. The fraction of sp³-hybridized carbons (Fsp3) is 0.192. The van der Waals surface area contributed by atoms with Gasteiger partial charge in [-0.15, -0.1) is 0 Å². The standard InChI is InChI=1S/C26H23ClFN5O/c27-23-14-21(7-9-25(23)34-16-19-4-3-5-20(28)12-19)32-26-22-13-18(6-8-24(22)29-17-30-26)15-31-33-10-1-2-11-33/h3-9,12-15,17H,1-2,10-11,16H2,(H,29,30,32)/b31-15+. The first kappa shape index (κ1) is 22.1. The van der Waals surface area contributed by atoms with Gasteiger partial charge in [-0.1, -0.05) is 29.8 Å². The molecule has 0 unspecified atom stereocenters. The first-order valence-electron chi connectivity index (χ1n) is 11.1. The summed E-state index contributed by atoms with van der Waals surface area (Å²) in [6.07, 6.45) is 5.78. The highest BCUT2D eigenvalue weighted by molar-refractivity contribution is 6.32. The molecule has 34 heavy (non-hydrogen) atoms. The van der Waals surface area contributed by atoms with Gasteiger partial charge in [0.2, 0.25) is 0 Å². The summed E-state index contributed by atoms with van der Waals surface area (Å²) in [5.41, 5.74) is 3.31. The van der Waals surface area contributed by atoms with Crippen molar-refractivity contribution in [1.29, 1.82) is 0 Å². The zero-order valence-electron chi connectivity index (χ0n) is 18.4. The Bertz CT molecular complexity index is 1340. The summed E-state index contributed by atoms with van der Waals surface area (Å²) >= 11 is 6.45. The Hall–Kier alpha value is -3.71. The number of benzene rings is 3. The van der Waals surface area contributed by atoms with Gasteiger partial charge in [-0.2, -0.15) is 5.10 Å². The number of hydrogen-bond donors (Lipinski definition) is 1. The van der Waals surface area contributed by atoms with Gasteiger partial charge in [0.05, 0.1) is 16.8 Å². The third kappa shape index (κ3) is 5.26. The molecule has 0 bridgehead atoms. The van der Waals surface area contributed by atoms with Crippen molar-refractivity contribution in [3.8, 4) is 5.75 Å². The van der Waals surface area contributed by atoms with Crippen molar-refractivity contribution in [2.75, 3.05) is 18.4 Å². The van der Waals surface area contributed by atoms with Crippen molar-refractivity contribution >= 4 is 40.2 Å². The lowest BCUT2D eigenvalue weighted by atomic mass is 10.1. The summed E-state index contributed by atoms with van der Waals surface area (Å²) in [6, 6.07) is 17.7. The minimum Gasteiger partial charge on any atom is -0.487 e. The first-order valence-corrected chi connectivity index (χ1v) is 11.5. The van der Waals surface area contributed by atoms with Gasteiger partial charge >= 0.3 is 0 Å². The number of hydrazone groups is 1. The monoisotopic (exact) mass is 475 g/mol. The van der Waals surface area contributed by atoms with E-state index in [0.717, 1.165) is 40.8 Å². The van der Waals surface area contributed by atoms with Crippen LogP contribution in [0.25, 0.3) is 10.9 Å². The van der Waals surface area contributed by atoms with E-state index in [9.17, 15) is 4.39 Å². The van der Waals surface area contributed by atoms with Crippen LogP contribution in [0.5, 0.6) is 5.75 Å². The molecule has 3 aromatic carbocycles. The highest BCUT2D eigenvalue weighted by Crippen LogP contribution is 2.31. The van der Waals surface area contributed by atoms with Gasteiger partial charge in [0, 0.05) is 24.2 Å². The number of halogens is 2. The first-order chi connectivity index (χ1) is 16.6. The van der Waals surface area contributed by atoms with Crippen molar-refractivity contribution in [2.24, 2.45) is 5.10 Å². The molecule has 0 aliphatic carbocycles. The summed E-state index contributed by atoms with van der Waals surface area (Å²) in [5.74, 6) is 0.893. The minimum absolute atomic E-state index is 0.225. The van der Waals surface area contributed by atoms with Crippen molar-refractivity contribution in [1.82, 2.24) is 15.0 Å². The maximum Gasteiger partial charge on any atom is 0.141 e. The van der Waals surface area contributed by atoms with Gasteiger partial charge in [0.1, 0.15) is 30.3 Å². The Morgan fingerprint density at radius 2 is 1.94 bits per heavy atom. The van der Waals surface area contributed by atoms with Gasteiger partial charge in [-0.05, 0) is 66.4 Å². The van der Waals surface area contributed by atoms with E-state index in [-0.39, 0.29) is 12.4 Å². The highest BCUT2D eigenvalue weighted by atomic mass is 35.5. The molecule has 1 saturated heterocycles. The van der Waals surface area contributed by atoms with E-state index < -0.39 is 0 Å². The molecular formula is C26H23ClFN5O. The van der Waals surface area contributed by atoms with Crippen LogP contribution in [-0.4, -0.2) is 34.3 Å². The van der Waals surface area contributed by atoms with Crippen LogP contribution >= 0.6 is 11.6 Å². The number of rotatable bonds is 7. The van der Waals surface area contributed by atoms with Crippen molar-refractivity contribution in [2.45, 2.75) is 19.4 Å². The van der Waals surface area contributed by atoms with E-state index in [1.807, 2.05) is 30.5 Å². The summed E-state index contributed by atoms with van der Waals surface area (Å²) in [4.78, 5) is 8.80. The predicted molar refractivity (Wildman–Crippen MR) is 133 cm³/mol. The lowest BCUT2D eigenvalue weighted by Crippen LogP contribution is -2.11. The molecule has 4 aromatic rings. The van der Waals surface area contributed by atoms with Crippen LogP contribution in [0, 0.1) is 5.82 Å². The van der Waals surface area contributed by atoms with Crippen molar-refractivity contribution in [3.05, 3.63) is 89.0 Å². The predicted octanol–water partition coefficient (Wildman–Crippen LogP) is 6.17. The second kappa shape index (κ2) is 10.1. The van der Waals surface area contributed by atoms with Gasteiger partial charge < -0.3 is 10.1 Å². The number of nitrogens with zero attached hydrogens (tertiary/aromatic N) is 4. The smallest absolute Gasteiger partial charge is 0.141 e. The van der Waals surface area contributed by atoms with E-state index in [0.29, 0.717) is 16.6 Å². The molecular weight excluding hydrogens is 453 g/mol. The van der Waals surface area contributed by atoms with Gasteiger partial charge in [-0.25, -0.2) is 14.4 Å². The lowest BCUT2D eigenvalue weighted by molar-refractivity contribution is 0.306. The third-order valence-corrected chi connectivity index (χ3v) is 5.89. The number of ether oxygens (including phenoxy) is 1. The fourth-order valence-corrected chi connectivity index (χ4v) is 4.07. The average molecular weight is 476 g/mol. The molecule has 2 heterocycles. The van der Waals surface area contributed by atoms with Crippen LogP contribution in [0.1, 0.15) is 24.0 Å². The Morgan fingerprint density at radius 3 is 2.76 bits per heavy atom. The van der Waals surface area contributed by atoms with E-state index in [1.54, 1.807) is 24.3 Å². The summed E-state index contributed by atoms with van der Waals surface area (Å²) in [5, 5.41) is 11.3. The normalized spacial score (nSPS) is 13.6. The Kier molecular flexibility index (Phi) is 6.53. The van der Waals surface area contributed by atoms with Crippen LogP contribution in [0.15, 0.2) is 72.1 Å². The molecule has 0 spiro atoms. The average Bonchev–Trinajstić information content (AvgIpc) is 3.36. The quantitative estimate of drug-likeness (QED) is 0.324. The van der Waals surface area contributed by atoms with Crippen LogP contribution in [0.3, 0.4) is 0 Å². The SMILES string of the molecule is Fc1cccc(COc2ccc(Nc3ncnc4ccc(/C=N/N5CCCC5)cc34)cc2Cl)c1. The molecule has 0 atom stereocenters. The van der Waals surface area contributed by atoms with Crippen LogP contribution < -0.4 is 10.1 Å². The maximum absolute atomic E-state index is 13.4. The van der Waals surface area contributed by atoms with Crippen molar-refractivity contribution < 1.29 is 9.13 Å². The molecule has 1 aromatic heterocycles. The molecule has 5 rings (SSSR count). The molecule has 0 amide bonds. The van der Waals surface area contributed by atoms with Gasteiger partial charge in [-0.3, -0.25) is 5.01 Å². The Labute approximate surface area is 202 Å². The van der Waals surface area contributed by atoms with Crippen LogP contribution in [0.2, 0.25) is 5.02 Å². The lowest BCUT2D eigenvalue weighted by Gasteiger charge is -2.12. The zero-order chi connectivity index (χ0) is 23.3. The molecule has 172 valence electrons. The zero-order valence-corrected chi connectivity index (χ0v) is 19.2. The molecule has 6 nitrogen and oxygen atoms in total. The number of nitrogens with one attached hydrogen (secondary N) is 1. The minimum atomic E-state index is -0.297. The largest absolute Gasteiger partial charge is 0.487 e. The van der Waals surface area contributed by atoms with E-state index in [2.05, 4.69) is 25.4 Å². The fourth-order valence-electron chi connectivity index (χ4n) is 3.84. The molecule has 8 heteroatoms. The molecule has 1 fully saturated rings. The van der Waals surface area contributed by atoms with Crippen molar-refractivity contribution in [3.63, 3.8) is 0 Å². The number of fused-ring (bicyclic) bond motifs is 1. The Balaban J connectivity index is 1.32. The highest BCUT2D eigenvalue weighted by Gasteiger charge is 2.10. The summed E-state index contributed by atoms with van der Waals surface area (Å²) < 4.78 is 19.1. The van der Waals surface area contributed by atoms with Crippen LogP contribution in [0.4, 0.5) is 15.9 Å². The van der Waals surface area contributed by atoms with E-state index >= 15 is 0 Å². The molecule has 0 radical (unpaired) electrons. The number of hydrogen-bond acceptors (Lipinski definition) is 6. The maximum atomic E-state index is 13.4. The topological polar surface area (TPSA) is 62.6 Å². The van der Waals surface area contributed by atoms with Gasteiger partial charge in [0.25, 0.3) is 0 Å².